The third-order valence-electron chi connectivity index (χ3n) is 2.02. The van der Waals surface area contributed by atoms with Crippen molar-refractivity contribution in [3.05, 3.63) is 11.9 Å². The van der Waals surface area contributed by atoms with Crippen molar-refractivity contribution in [3.63, 3.8) is 0 Å². The van der Waals surface area contributed by atoms with Gasteiger partial charge in [-0.2, -0.15) is 0 Å². The summed E-state index contributed by atoms with van der Waals surface area (Å²) in [7, 11) is 1.78. The molecule has 0 unspecified atom stereocenters. The first-order chi connectivity index (χ1) is 6.09. The zero-order valence-corrected chi connectivity index (χ0v) is 7.93. The Morgan fingerprint density at radius 2 is 2.08 bits per heavy atom. The average molecular weight is 185 g/mol. The van der Waals surface area contributed by atoms with Crippen molar-refractivity contribution in [2.45, 2.75) is 13.3 Å². The fourth-order valence-corrected chi connectivity index (χ4v) is 1.08. The lowest BCUT2D eigenvalue weighted by atomic mass is 9.88. The highest BCUT2D eigenvalue weighted by Crippen LogP contribution is 2.19. The fourth-order valence-electron chi connectivity index (χ4n) is 1.08. The van der Waals surface area contributed by atoms with Crippen LogP contribution in [0.1, 0.15) is 12.6 Å². The Bertz CT molecular complexity index is 268. The number of aliphatic hydroxyl groups is 2. The zero-order chi connectivity index (χ0) is 9.90. The Morgan fingerprint density at radius 3 is 2.46 bits per heavy atom. The molecule has 0 amide bonds. The standard InChI is InChI=1S/C8H15N3O2/c1-8(5-12,6-13)3-7-4-11(2)10-9-7/h4,12-13H,3,5-6H2,1-2H3. The summed E-state index contributed by atoms with van der Waals surface area (Å²) >= 11 is 0. The van der Waals surface area contributed by atoms with Gasteiger partial charge in [0, 0.05) is 25.1 Å². The molecule has 1 aromatic heterocycles. The third-order valence-corrected chi connectivity index (χ3v) is 2.02. The monoisotopic (exact) mass is 185 g/mol. The van der Waals surface area contributed by atoms with Crippen molar-refractivity contribution in [3.8, 4) is 0 Å². The summed E-state index contributed by atoms with van der Waals surface area (Å²) in [5, 5.41) is 25.7. The molecule has 13 heavy (non-hydrogen) atoms. The summed E-state index contributed by atoms with van der Waals surface area (Å²) < 4.78 is 1.60. The van der Waals surface area contributed by atoms with Crippen molar-refractivity contribution in [2.24, 2.45) is 12.5 Å². The summed E-state index contributed by atoms with van der Waals surface area (Å²) in [5.41, 5.74) is 0.281. The van der Waals surface area contributed by atoms with Crippen LogP contribution in [-0.4, -0.2) is 38.4 Å². The van der Waals surface area contributed by atoms with E-state index in [0.717, 1.165) is 5.69 Å². The predicted octanol–water partition coefficient (Wildman–Crippen LogP) is -0.652. The van der Waals surface area contributed by atoms with E-state index in [0.29, 0.717) is 6.42 Å². The van der Waals surface area contributed by atoms with Crippen LogP contribution in [-0.2, 0) is 13.5 Å². The van der Waals surface area contributed by atoms with E-state index in [1.165, 1.54) is 0 Å². The first-order valence-electron chi connectivity index (χ1n) is 4.16. The predicted molar refractivity (Wildman–Crippen MR) is 47.0 cm³/mol. The quantitative estimate of drug-likeness (QED) is 0.654. The molecule has 0 spiro atoms. The Labute approximate surface area is 77.0 Å². The second-order valence-electron chi connectivity index (χ2n) is 3.69. The molecule has 1 aromatic rings. The van der Waals surface area contributed by atoms with Gasteiger partial charge in [-0.25, -0.2) is 0 Å². The van der Waals surface area contributed by atoms with E-state index in [4.69, 9.17) is 10.2 Å². The van der Waals surface area contributed by atoms with Crippen LogP contribution in [0.2, 0.25) is 0 Å². The van der Waals surface area contributed by atoms with Crippen LogP contribution >= 0.6 is 0 Å². The Morgan fingerprint density at radius 1 is 1.46 bits per heavy atom. The number of hydrogen-bond acceptors (Lipinski definition) is 4. The van der Waals surface area contributed by atoms with E-state index in [1.807, 2.05) is 6.92 Å². The number of aromatic nitrogens is 3. The lowest BCUT2D eigenvalue weighted by Gasteiger charge is -2.22. The lowest BCUT2D eigenvalue weighted by molar-refractivity contribution is 0.0695. The molecule has 0 saturated carbocycles. The second-order valence-corrected chi connectivity index (χ2v) is 3.69. The molecular formula is C8H15N3O2. The number of nitrogens with zero attached hydrogens (tertiary/aromatic N) is 3. The number of rotatable bonds is 4. The van der Waals surface area contributed by atoms with Gasteiger partial charge >= 0.3 is 0 Å². The van der Waals surface area contributed by atoms with Crippen LogP contribution in [0.5, 0.6) is 0 Å². The van der Waals surface area contributed by atoms with Gasteiger partial charge in [0.25, 0.3) is 0 Å². The van der Waals surface area contributed by atoms with E-state index in [-0.39, 0.29) is 13.2 Å². The van der Waals surface area contributed by atoms with E-state index < -0.39 is 5.41 Å². The minimum absolute atomic E-state index is 0.0555. The molecular weight excluding hydrogens is 170 g/mol. The van der Waals surface area contributed by atoms with Crippen LogP contribution in [0.15, 0.2) is 6.20 Å². The molecule has 0 saturated heterocycles. The highest BCUT2D eigenvalue weighted by Gasteiger charge is 2.24. The number of aryl methyl sites for hydroxylation is 1. The van der Waals surface area contributed by atoms with Gasteiger partial charge in [-0.05, 0) is 0 Å². The van der Waals surface area contributed by atoms with E-state index >= 15 is 0 Å². The first kappa shape index (κ1) is 10.1. The Balaban J connectivity index is 2.67. The van der Waals surface area contributed by atoms with Gasteiger partial charge in [0.15, 0.2) is 0 Å². The van der Waals surface area contributed by atoms with E-state index in [9.17, 15) is 0 Å². The molecule has 5 heteroatoms. The third kappa shape index (κ3) is 2.50. The van der Waals surface area contributed by atoms with Crippen molar-refractivity contribution in [1.29, 1.82) is 0 Å². The van der Waals surface area contributed by atoms with Gasteiger partial charge in [-0.3, -0.25) is 4.68 Å². The maximum atomic E-state index is 9.04. The summed E-state index contributed by atoms with van der Waals surface area (Å²) in [4.78, 5) is 0. The molecule has 0 aliphatic carbocycles. The highest BCUT2D eigenvalue weighted by atomic mass is 16.3. The molecule has 0 bridgehead atoms. The van der Waals surface area contributed by atoms with Gasteiger partial charge in [-0.1, -0.05) is 12.1 Å². The SMILES string of the molecule is Cn1cc(CC(C)(CO)CO)nn1. The molecule has 74 valence electrons. The van der Waals surface area contributed by atoms with Crippen LogP contribution in [0.25, 0.3) is 0 Å². The van der Waals surface area contributed by atoms with Crippen LogP contribution < -0.4 is 0 Å². The van der Waals surface area contributed by atoms with E-state index in [1.54, 1.807) is 17.9 Å². The van der Waals surface area contributed by atoms with Gasteiger partial charge < -0.3 is 10.2 Å². The summed E-state index contributed by atoms with van der Waals surface area (Å²) in [6.07, 6.45) is 2.32. The minimum atomic E-state index is -0.504. The second kappa shape index (κ2) is 3.85. The lowest BCUT2D eigenvalue weighted by Crippen LogP contribution is -2.28. The topological polar surface area (TPSA) is 71.2 Å². The molecule has 0 radical (unpaired) electrons. The van der Waals surface area contributed by atoms with Crippen molar-refractivity contribution < 1.29 is 10.2 Å². The van der Waals surface area contributed by atoms with Crippen LogP contribution in [0.3, 0.4) is 0 Å². The van der Waals surface area contributed by atoms with Gasteiger partial charge in [-0.15, -0.1) is 5.10 Å². The summed E-state index contributed by atoms with van der Waals surface area (Å²) in [5.74, 6) is 0. The largest absolute Gasteiger partial charge is 0.396 e. The Hall–Kier alpha value is -0.940. The van der Waals surface area contributed by atoms with Crippen LogP contribution in [0, 0.1) is 5.41 Å². The van der Waals surface area contributed by atoms with Gasteiger partial charge in [0.2, 0.25) is 0 Å². The smallest absolute Gasteiger partial charge is 0.0834 e. The Kier molecular flexibility index (Phi) is 3.00. The minimum Gasteiger partial charge on any atom is -0.396 e. The van der Waals surface area contributed by atoms with Crippen molar-refractivity contribution in [1.82, 2.24) is 15.0 Å². The molecule has 1 rings (SSSR count). The maximum Gasteiger partial charge on any atom is 0.0834 e. The summed E-state index contributed by atoms with van der Waals surface area (Å²) in [6.45, 7) is 1.70. The molecule has 2 N–H and O–H groups in total. The normalized spacial score (nSPS) is 12.0. The number of hydrogen-bond donors (Lipinski definition) is 2. The molecule has 5 nitrogen and oxygen atoms in total. The molecule has 0 aliphatic heterocycles. The zero-order valence-electron chi connectivity index (χ0n) is 7.93. The molecule has 1 heterocycles. The van der Waals surface area contributed by atoms with E-state index in [2.05, 4.69) is 10.3 Å². The highest BCUT2D eigenvalue weighted by molar-refractivity contribution is 4.97. The summed E-state index contributed by atoms with van der Waals surface area (Å²) in [6, 6.07) is 0. The van der Waals surface area contributed by atoms with Gasteiger partial charge in [0.1, 0.15) is 0 Å². The van der Waals surface area contributed by atoms with Crippen LogP contribution in [0.4, 0.5) is 0 Å². The fraction of sp³-hybridized carbons (Fsp3) is 0.750. The average Bonchev–Trinajstić information content (AvgIpc) is 2.51. The van der Waals surface area contributed by atoms with Crippen molar-refractivity contribution >= 4 is 0 Å². The maximum absolute atomic E-state index is 9.04. The van der Waals surface area contributed by atoms with Crippen molar-refractivity contribution in [2.75, 3.05) is 13.2 Å². The molecule has 0 aromatic carbocycles. The molecule has 0 fully saturated rings. The number of aliphatic hydroxyl groups excluding tert-OH is 2. The van der Waals surface area contributed by atoms with Gasteiger partial charge in [0.05, 0.1) is 18.9 Å². The molecule has 0 atom stereocenters. The first-order valence-corrected chi connectivity index (χ1v) is 4.16. The molecule has 0 aliphatic rings.